The van der Waals surface area contributed by atoms with E-state index >= 15 is 0 Å². The van der Waals surface area contributed by atoms with Crippen molar-refractivity contribution in [2.24, 2.45) is 52.1 Å². The Kier molecular flexibility index (Phi) is 6.22. The van der Waals surface area contributed by atoms with Crippen molar-refractivity contribution < 1.29 is 39.6 Å². The lowest BCUT2D eigenvalue weighted by atomic mass is 9.33. The van der Waals surface area contributed by atoms with E-state index in [2.05, 4.69) is 0 Å². The molecule has 4 aliphatic rings. The zero-order chi connectivity index (χ0) is 29.0. The molecule has 0 radical (unpaired) electrons. The van der Waals surface area contributed by atoms with E-state index in [0.717, 1.165) is 12.8 Å². The molecule has 0 aliphatic heterocycles. The average molecular weight is 542 g/mol. The van der Waals surface area contributed by atoms with Crippen LogP contribution >= 0.6 is 0 Å². The molecule has 1 aromatic carbocycles. The highest BCUT2D eigenvalue weighted by atomic mass is 16.4. The van der Waals surface area contributed by atoms with Crippen LogP contribution in [0.5, 0.6) is 5.75 Å². The largest absolute Gasteiger partial charge is 0.507 e. The second kappa shape index (κ2) is 8.69. The van der Waals surface area contributed by atoms with Crippen LogP contribution in [0.1, 0.15) is 75.7 Å². The number of rotatable bonds is 5. The summed E-state index contributed by atoms with van der Waals surface area (Å²) in [5, 5.41) is 46.7. The van der Waals surface area contributed by atoms with Gasteiger partial charge in [-0.1, -0.05) is 46.8 Å². The number of aromatic hydroxyl groups is 1. The third-order valence-corrected chi connectivity index (χ3v) is 11.2. The molecular formula is C30H39NO8. The summed E-state index contributed by atoms with van der Waals surface area (Å²) in [6.45, 7) is 8.86. The van der Waals surface area contributed by atoms with Crippen LogP contribution in [-0.4, -0.2) is 61.5 Å². The summed E-state index contributed by atoms with van der Waals surface area (Å²) in [6.07, 6.45) is -2.14. The van der Waals surface area contributed by atoms with Crippen LogP contribution in [0, 0.1) is 46.3 Å². The maximum Gasteiger partial charge on any atom is 0.230 e. The van der Waals surface area contributed by atoms with Gasteiger partial charge in [-0.05, 0) is 53.6 Å². The molecule has 0 spiro atoms. The molecule has 5 rings (SSSR count). The van der Waals surface area contributed by atoms with Gasteiger partial charge in [-0.25, -0.2) is 0 Å². The van der Waals surface area contributed by atoms with Gasteiger partial charge in [0.25, 0.3) is 0 Å². The minimum absolute atomic E-state index is 0.0150. The Hall–Kier alpha value is -2.62. The molecule has 0 heterocycles. The molecule has 39 heavy (non-hydrogen) atoms. The summed E-state index contributed by atoms with van der Waals surface area (Å²) in [5.41, 5.74) is 0.703. The summed E-state index contributed by atoms with van der Waals surface area (Å²) >= 11 is 0. The van der Waals surface area contributed by atoms with Gasteiger partial charge in [0.2, 0.25) is 5.91 Å². The molecule has 4 aliphatic carbocycles. The monoisotopic (exact) mass is 541 g/mol. The Morgan fingerprint density at radius 1 is 1.13 bits per heavy atom. The molecular weight excluding hydrogens is 502 g/mol. The van der Waals surface area contributed by atoms with Gasteiger partial charge >= 0.3 is 0 Å². The summed E-state index contributed by atoms with van der Waals surface area (Å²) in [5.74, 6) is -9.20. The fourth-order valence-corrected chi connectivity index (χ4v) is 9.14. The topological polar surface area (TPSA) is 175 Å². The van der Waals surface area contributed by atoms with Gasteiger partial charge in [-0.2, -0.15) is 0 Å². The van der Waals surface area contributed by atoms with E-state index in [-0.39, 0.29) is 29.4 Å². The van der Waals surface area contributed by atoms with Gasteiger partial charge in [0.15, 0.2) is 17.2 Å². The van der Waals surface area contributed by atoms with Crippen LogP contribution in [-0.2, 0) is 14.4 Å². The average Bonchev–Trinajstić information content (AvgIpc) is 3.68. The van der Waals surface area contributed by atoms with E-state index in [0.29, 0.717) is 5.56 Å². The second-order valence-electron chi connectivity index (χ2n) is 13.2. The van der Waals surface area contributed by atoms with E-state index in [1.807, 2.05) is 6.92 Å². The first-order valence-electron chi connectivity index (χ1n) is 13.9. The minimum atomic E-state index is -2.67. The molecule has 3 fully saturated rings. The lowest BCUT2D eigenvalue weighted by Gasteiger charge is -2.71. The third-order valence-electron chi connectivity index (χ3n) is 11.2. The van der Waals surface area contributed by atoms with E-state index in [1.165, 1.54) is 6.07 Å². The number of aliphatic hydroxyl groups excluding tert-OH is 2. The third kappa shape index (κ3) is 3.29. The molecule has 9 heteroatoms. The van der Waals surface area contributed by atoms with E-state index in [1.54, 1.807) is 39.8 Å². The number of phenols is 1. The number of amides is 1. The summed E-state index contributed by atoms with van der Waals surface area (Å²) < 4.78 is 0. The Balaban J connectivity index is 1.85. The van der Waals surface area contributed by atoms with Crippen molar-refractivity contribution >= 4 is 23.3 Å². The molecule has 2 unspecified atom stereocenters. The number of hydrogen-bond donors (Lipinski definition) is 5. The number of hydrogen-bond acceptors (Lipinski definition) is 8. The number of primary amides is 1. The van der Waals surface area contributed by atoms with Crippen LogP contribution in [0.3, 0.4) is 0 Å². The van der Waals surface area contributed by atoms with E-state index in [9.17, 15) is 39.6 Å². The van der Waals surface area contributed by atoms with E-state index in [4.69, 9.17) is 5.73 Å². The van der Waals surface area contributed by atoms with E-state index < -0.39 is 81.6 Å². The number of fused-ring (bicyclic) bond motifs is 3. The summed E-state index contributed by atoms with van der Waals surface area (Å²) in [4.78, 5) is 54.2. The van der Waals surface area contributed by atoms with Gasteiger partial charge in [0, 0.05) is 17.8 Å². The number of phenolic OH excluding ortho intramolecular Hbond substituents is 1. The Bertz CT molecular complexity index is 1270. The second-order valence-corrected chi connectivity index (χ2v) is 13.2. The predicted octanol–water partition coefficient (Wildman–Crippen LogP) is 1.73. The lowest BCUT2D eigenvalue weighted by molar-refractivity contribution is -0.292. The SMILES string of the molecule is CC(C)[C@H]1C(O)[C@@H](C(N)=O)C(=O)[C@]2(O)C(O)[C@H]3C(=O)c4c(O)cccc4[C@@H](C)[C@]3(C)[C@@H](CC(=O)C3CC3)[C@]12C. The zero-order valence-electron chi connectivity index (χ0n) is 23.0. The molecule has 1 amide bonds. The molecule has 0 saturated heterocycles. The van der Waals surface area contributed by atoms with Crippen molar-refractivity contribution in [3.63, 3.8) is 0 Å². The molecule has 10 atom stereocenters. The first kappa shape index (κ1) is 27.9. The lowest BCUT2D eigenvalue weighted by Crippen LogP contribution is -2.82. The Morgan fingerprint density at radius 3 is 2.28 bits per heavy atom. The molecule has 0 aromatic heterocycles. The van der Waals surface area contributed by atoms with Gasteiger partial charge in [-0.3, -0.25) is 19.2 Å². The summed E-state index contributed by atoms with van der Waals surface area (Å²) in [6, 6.07) is 4.73. The number of carbonyl (C=O) groups excluding carboxylic acids is 4. The van der Waals surface area contributed by atoms with Gasteiger partial charge in [-0.15, -0.1) is 0 Å². The summed E-state index contributed by atoms with van der Waals surface area (Å²) in [7, 11) is 0. The number of benzene rings is 1. The number of nitrogens with two attached hydrogens (primary N) is 1. The highest BCUT2D eigenvalue weighted by Crippen LogP contribution is 2.71. The van der Waals surface area contributed by atoms with Crippen LogP contribution < -0.4 is 5.73 Å². The number of carbonyl (C=O) groups is 4. The molecule has 3 saturated carbocycles. The van der Waals surface area contributed by atoms with Crippen LogP contribution in [0.25, 0.3) is 0 Å². The minimum Gasteiger partial charge on any atom is -0.507 e. The first-order chi connectivity index (χ1) is 18.1. The molecule has 0 bridgehead atoms. The highest BCUT2D eigenvalue weighted by molar-refractivity contribution is 6.09. The quantitative estimate of drug-likeness (QED) is 0.350. The molecule has 6 N–H and O–H groups in total. The highest BCUT2D eigenvalue weighted by Gasteiger charge is 2.80. The van der Waals surface area contributed by atoms with Crippen molar-refractivity contribution in [1.82, 2.24) is 0 Å². The van der Waals surface area contributed by atoms with Gasteiger partial charge in [0.1, 0.15) is 23.6 Å². The molecule has 1 aromatic rings. The number of ketones is 3. The van der Waals surface area contributed by atoms with Crippen molar-refractivity contribution in [2.75, 3.05) is 0 Å². The maximum atomic E-state index is 14.2. The first-order valence-corrected chi connectivity index (χ1v) is 13.9. The van der Waals surface area contributed by atoms with Gasteiger partial charge < -0.3 is 26.2 Å². The normalized spacial score (nSPS) is 43.5. The Labute approximate surface area is 227 Å². The Morgan fingerprint density at radius 2 is 1.74 bits per heavy atom. The van der Waals surface area contributed by atoms with Crippen LogP contribution in [0.4, 0.5) is 0 Å². The standard InChI is InChI=1S/C30H39NO8/c1-12(2)21-24(35)20(27(31)38)25(36)30(39)26(37)22-23(34)19-15(7-6-8-16(19)32)13(3)28(22,4)18(29(21,30)5)11-17(33)14-9-10-14/h6-8,12-14,18,20-22,24,26,32,35,37,39H,9-11H2,1-5H3,(H2,31,38)/t13-,18-,20-,21+,22-,24?,26?,28-,29-,30+/m1/s1. The number of Topliss-reactive ketones (excluding diaryl/α,β-unsaturated/α-hetero) is 3. The van der Waals surface area contributed by atoms with Crippen LogP contribution in [0.2, 0.25) is 0 Å². The smallest absolute Gasteiger partial charge is 0.230 e. The van der Waals surface area contributed by atoms with Crippen molar-refractivity contribution in [2.45, 2.75) is 77.6 Å². The number of aliphatic hydroxyl groups is 3. The molecule has 9 nitrogen and oxygen atoms in total. The maximum absolute atomic E-state index is 14.2. The zero-order valence-corrected chi connectivity index (χ0v) is 23.0. The van der Waals surface area contributed by atoms with Crippen molar-refractivity contribution in [1.29, 1.82) is 0 Å². The van der Waals surface area contributed by atoms with Crippen molar-refractivity contribution in [3.05, 3.63) is 29.3 Å². The predicted molar refractivity (Wildman–Crippen MR) is 139 cm³/mol. The van der Waals surface area contributed by atoms with Gasteiger partial charge in [0.05, 0.1) is 17.6 Å². The van der Waals surface area contributed by atoms with Crippen molar-refractivity contribution in [3.8, 4) is 5.75 Å². The van der Waals surface area contributed by atoms with Crippen LogP contribution in [0.15, 0.2) is 18.2 Å². The fourth-order valence-electron chi connectivity index (χ4n) is 9.14. The molecule has 212 valence electrons. The fraction of sp³-hybridized carbons (Fsp3) is 0.667.